The third-order valence-electron chi connectivity index (χ3n) is 8.71. The first-order valence-corrected chi connectivity index (χ1v) is 29.4. The van der Waals surface area contributed by atoms with Gasteiger partial charge in [-0.05, 0) is 34.9 Å². The Bertz CT molecular complexity index is 2150. The number of ketones is 1. The van der Waals surface area contributed by atoms with E-state index in [1.54, 1.807) is 44.5 Å². The monoisotopic (exact) mass is 975 g/mol. The number of aliphatic hydroxyl groups is 1. The average molecular weight is 975 g/mol. The molecule has 2 heterocycles. The molecule has 0 unspecified atom stereocenters. The predicted octanol–water partition coefficient (Wildman–Crippen LogP) is 13.0. The molecule has 12 heteroatoms. The van der Waals surface area contributed by atoms with Crippen LogP contribution in [0.5, 0.6) is 0 Å². The fourth-order valence-corrected chi connectivity index (χ4v) is 14.2. The molecular weight excluding hydrogens is 923 g/mol. The number of rotatable bonds is 10. The Kier molecular flexibility index (Phi) is 13.8. The maximum Gasteiger partial charge on any atom is 0.306 e. The number of fused-ring (bicyclic) bond motifs is 4. The van der Waals surface area contributed by atoms with Gasteiger partial charge in [-0.15, -0.1) is 40.5 Å². The zero-order valence-corrected chi connectivity index (χ0v) is 39.0. The van der Waals surface area contributed by atoms with Crippen molar-refractivity contribution in [2.75, 3.05) is 0 Å². The summed E-state index contributed by atoms with van der Waals surface area (Å²) in [5.74, 6) is -10.2. The molecule has 0 atom stereocenters. The molecule has 0 bridgehead atoms. The van der Waals surface area contributed by atoms with Crippen molar-refractivity contribution >= 4 is 77.5 Å². The van der Waals surface area contributed by atoms with Crippen LogP contribution in [0.15, 0.2) is 66.6 Å². The number of nitrogens with zero attached hydrogens (tertiary/aromatic N) is 1. The summed E-state index contributed by atoms with van der Waals surface area (Å²) in [5, 5.41) is 16.1. The van der Waals surface area contributed by atoms with Gasteiger partial charge in [-0.1, -0.05) is 120 Å². The summed E-state index contributed by atoms with van der Waals surface area (Å²) in [6.45, 7) is 24.1. The van der Waals surface area contributed by atoms with Gasteiger partial charge in [-0.3, -0.25) is 9.78 Å². The molecule has 0 saturated heterocycles. The van der Waals surface area contributed by atoms with Crippen molar-refractivity contribution in [2.45, 2.75) is 110 Å². The second-order valence-corrected chi connectivity index (χ2v) is 34.6. The van der Waals surface area contributed by atoms with Crippen LogP contribution in [0, 0.1) is 13.0 Å². The third-order valence-corrected chi connectivity index (χ3v) is 15.3. The zero-order valence-electron chi connectivity index (χ0n) is 32.8. The quantitative estimate of drug-likeness (QED) is 0.0499. The van der Waals surface area contributed by atoms with Crippen LogP contribution in [-0.2, 0) is 24.9 Å². The number of alkyl halides is 4. The number of aryl methyl sites for hydroxylation is 1. The fourth-order valence-electron chi connectivity index (χ4n) is 6.70. The standard InChI is InChI=1S/C28H28NSSi.C13H24F4O2Si2.Ir/c1-17(2)24-16-20(15-19-9-7-8-10-21(19)24)25-26-23(13-14-29-25)22-12-11-18(3)28(27(22)30-26)31(4,5)6;1-20(2,3)8-12(14,15)10(18)7-11(19)13(16,17)9-21(4,5)6;/h7-14,16-17H,1-6H3;7,18H,8-9H2,1-6H3;/q-1;;/b;10-7-;. The Balaban J connectivity index is 0.000000305. The summed E-state index contributed by atoms with van der Waals surface area (Å²) in [7, 11) is -5.97. The molecule has 3 nitrogen and oxygen atoms in total. The van der Waals surface area contributed by atoms with E-state index in [1.807, 2.05) is 17.5 Å². The molecule has 1 N–H and O–H groups in total. The summed E-state index contributed by atoms with van der Waals surface area (Å²) >= 11 is 1.92. The Morgan fingerprint density at radius 3 is 1.98 bits per heavy atom. The van der Waals surface area contributed by atoms with E-state index in [1.165, 1.54) is 42.1 Å². The van der Waals surface area contributed by atoms with Gasteiger partial charge in [0.15, 0.2) is 5.76 Å². The SMILES string of the molecule is C[Si](C)(C)CC(F)(F)C(=O)/C=C(\O)C(F)(F)C[Si](C)(C)C.Cc1ccc2c(sc3c(-c4[c-]c5ccccc5c(C(C)C)c4)nccc32)c1[Si](C)(C)C.[Ir]. The second kappa shape index (κ2) is 16.3. The molecule has 0 aliphatic carbocycles. The maximum atomic E-state index is 13.7. The molecule has 5 aromatic rings. The van der Waals surface area contributed by atoms with Gasteiger partial charge in [0.1, 0.15) is 0 Å². The average Bonchev–Trinajstić information content (AvgIpc) is 3.36. The van der Waals surface area contributed by atoms with Gasteiger partial charge in [0.2, 0.25) is 5.78 Å². The van der Waals surface area contributed by atoms with Crippen LogP contribution in [0.1, 0.15) is 30.9 Å². The minimum atomic E-state index is -3.71. The Hall–Kier alpha value is -2.48. The van der Waals surface area contributed by atoms with E-state index in [4.69, 9.17) is 4.98 Å². The van der Waals surface area contributed by atoms with Crippen LogP contribution < -0.4 is 5.19 Å². The van der Waals surface area contributed by atoms with Crippen LogP contribution >= 0.6 is 11.3 Å². The largest absolute Gasteiger partial charge is 0.506 e. The summed E-state index contributed by atoms with van der Waals surface area (Å²) in [5.41, 5.74) is 4.95. The van der Waals surface area contributed by atoms with E-state index in [0.29, 0.717) is 5.92 Å². The van der Waals surface area contributed by atoms with Crippen molar-refractivity contribution in [3.63, 3.8) is 0 Å². The van der Waals surface area contributed by atoms with Gasteiger partial charge < -0.3 is 5.11 Å². The Morgan fingerprint density at radius 2 is 1.42 bits per heavy atom. The Morgan fingerprint density at radius 1 is 0.849 bits per heavy atom. The molecule has 0 saturated carbocycles. The predicted molar refractivity (Wildman–Crippen MR) is 223 cm³/mol. The number of aliphatic hydroxyl groups excluding tert-OH is 1. The molecule has 0 amide bonds. The van der Waals surface area contributed by atoms with Gasteiger partial charge in [0.05, 0.1) is 24.2 Å². The molecule has 289 valence electrons. The van der Waals surface area contributed by atoms with Crippen LogP contribution in [0.4, 0.5) is 17.6 Å². The zero-order chi connectivity index (χ0) is 39.2. The Labute approximate surface area is 332 Å². The summed E-state index contributed by atoms with van der Waals surface area (Å²) in [6, 6.07) is 20.2. The number of hydrogen-bond donors (Lipinski definition) is 1. The number of carbonyl (C=O) groups excluding carboxylic acids is 1. The summed E-state index contributed by atoms with van der Waals surface area (Å²) < 4.78 is 57.6. The van der Waals surface area contributed by atoms with Gasteiger partial charge in [-0.25, -0.2) is 0 Å². The van der Waals surface area contributed by atoms with Crippen LogP contribution in [-0.4, -0.2) is 51.9 Å². The van der Waals surface area contributed by atoms with Gasteiger partial charge in [0, 0.05) is 59.6 Å². The second-order valence-electron chi connectivity index (χ2n) is 17.6. The number of aromatic nitrogens is 1. The normalized spacial score (nSPS) is 13.3. The summed E-state index contributed by atoms with van der Waals surface area (Å²) in [4.78, 5) is 16.4. The third kappa shape index (κ3) is 10.9. The van der Waals surface area contributed by atoms with Crippen molar-refractivity contribution in [1.29, 1.82) is 0 Å². The van der Waals surface area contributed by atoms with E-state index in [-0.39, 0.29) is 26.2 Å². The number of pyridine rings is 1. The molecule has 0 fully saturated rings. The molecular formula is C41H52F4IrNO2SSi3-. The molecule has 2 aromatic heterocycles. The first kappa shape index (κ1) is 44.9. The first-order valence-electron chi connectivity index (χ1n) is 17.7. The molecule has 0 spiro atoms. The first-order chi connectivity index (χ1) is 23.7. The number of benzene rings is 3. The van der Waals surface area contributed by atoms with Crippen molar-refractivity contribution in [3.05, 3.63) is 83.8 Å². The smallest absolute Gasteiger partial charge is 0.306 e. The van der Waals surface area contributed by atoms with Crippen molar-refractivity contribution in [3.8, 4) is 11.3 Å². The fraction of sp³-hybridized carbons (Fsp3) is 0.415. The van der Waals surface area contributed by atoms with Gasteiger partial charge in [0.25, 0.3) is 0 Å². The summed E-state index contributed by atoms with van der Waals surface area (Å²) in [6.07, 6.45) is 1.97. The number of halogens is 4. The number of carbonyl (C=O) groups is 1. The van der Waals surface area contributed by atoms with Gasteiger partial charge >= 0.3 is 11.8 Å². The number of thiophene rings is 1. The molecule has 3 aromatic carbocycles. The van der Waals surface area contributed by atoms with E-state index in [0.717, 1.165) is 11.3 Å². The van der Waals surface area contributed by atoms with Crippen molar-refractivity contribution in [1.82, 2.24) is 4.98 Å². The number of hydrogen-bond acceptors (Lipinski definition) is 4. The van der Waals surface area contributed by atoms with Crippen LogP contribution in [0.25, 0.3) is 42.2 Å². The maximum absolute atomic E-state index is 13.7. The van der Waals surface area contributed by atoms with Gasteiger partial charge in [-0.2, -0.15) is 17.6 Å². The van der Waals surface area contributed by atoms with Crippen LogP contribution in [0.3, 0.4) is 0 Å². The van der Waals surface area contributed by atoms with E-state index in [2.05, 4.69) is 95.0 Å². The topological polar surface area (TPSA) is 50.2 Å². The minimum absolute atomic E-state index is 0. The molecule has 0 aliphatic rings. The molecule has 0 aliphatic heterocycles. The molecule has 5 rings (SSSR count). The van der Waals surface area contributed by atoms with Crippen molar-refractivity contribution in [2.24, 2.45) is 0 Å². The van der Waals surface area contributed by atoms with E-state index < -0.39 is 59.7 Å². The number of allylic oxidation sites excluding steroid dienone is 2. The van der Waals surface area contributed by atoms with E-state index >= 15 is 0 Å². The molecule has 53 heavy (non-hydrogen) atoms. The molecule has 1 radical (unpaired) electrons. The van der Waals surface area contributed by atoms with E-state index in [9.17, 15) is 27.5 Å². The van der Waals surface area contributed by atoms with Crippen LogP contribution in [0.2, 0.25) is 71.0 Å². The minimum Gasteiger partial charge on any atom is -0.506 e. The van der Waals surface area contributed by atoms with Crippen molar-refractivity contribution < 1.29 is 47.6 Å².